The van der Waals surface area contributed by atoms with Crippen LogP contribution in [0.15, 0.2) is 97.1 Å². The average molecular weight is 710 g/mol. The first-order chi connectivity index (χ1) is 19.8. The summed E-state index contributed by atoms with van der Waals surface area (Å²) in [5.41, 5.74) is 6.45. The van der Waals surface area contributed by atoms with Crippen LogP contribution in [0.5, 0.6) is 0 Å². The second-order valence-electron chi connectivity index (χ2n) is 9.79. The van der Waals surface area contributed by atoms with Crippen molar-refractivity contribution < 1.29 is 21.1 Å². The summed E-state index contributed by atoms with van der Waals surface area (Å²) in [5, 5.41) is 3.82. The fourth-order valence-electron chi connectivity index (χ4n) is 5.59. The number of hydrogen-bond donors (Lipinski definition) is 2. The second kappa shape index (κ2) is 8.98. The molecule has 0 amide bonds. The Kier molecular flexibility index (Phi) is 5.21. The van der Waals surface area contributed by atoms with Crippen LogP contribution in [0.4, 0.5) is 0 Å². The van der Waals surface area contributed by atoms with Crippen molar-refractivity contribution in [2.45, 2.75) is 0 Å². The maximum absolute atomic E-state index is 5.02. The third-order valence-electron chi connectivity index (χ3n) is 7.46. The number of H-pyrrole nitrogens is 2. The fraction of sp³-hybridized carbons (Fsp3) is 0. The summed E-state index contributed by atoms with van der Waals surface area (Å²) in [6, 6.07) is 32.2. The van der Waals surface area contributed by atoms with Crippen molar-refractivity contribution in [2.75, 3.05) is 0 Å². The van der Waals surface area contributed by atoms with Crippen LogP contribution in [-0.4, -0.2) is 39.9 Å². The predicted molar refractivity (Wildman–Crippen MR) is 156 cm³/mol. The molecule has 0 aliphatic carbocycles. The normalized spacial score (nSPS) is 11.7. The molecule has 0 saturated heterocycles. The van der Waals surface area contributed by atoms with Crippen molar-refractivity contribution in [3.63, 3.8) is 0 Å². The van der Waals surface area contributed by atoms with Crippen LogP contribution in [0.3, 0.4) is 0 Å². The third-order valence-corrected chi connectivity index (χ3v) is 7.46. The fourth-order valence-corrected chi connectivity index (χ4v) is 5.59. The van der Waals surface area contributed by atoms with Gasteiger partial charge >= 0.3 is 0 Å². The summed E-state index contributed by atoms with van der Waals surface area (Å²) in [6.45, 7) is 0. The number of aromatic amines is 2. The summed E-state index contributed by atoms with van der Waals surface area (Å²) < 4.78 is 0. The van der Waals surface area contributed by atoms with E-state index in [9.17, 15) is 0 Å². The number of benzene rings is 4. The minimum absolute atomic E-state index is 0. The van der Waals surface area contributed by atoms with Gasteiger partial charge in [-0.25, -0.2) is 29.9 Å². The molecule has 0 atom stereocenters. The molecule has 196 valence electrons. The van der Waals surface area contributed by atoms with E-state index in [1.165, 1.54) is 0 Å². The van der Waals surface area contributed by atoms with Gasteiger partial charge in [-0.15, -0.1) is 0 Å². The monoisotopic (exact) mass is 709 g/mol. The Bertz CT molecular complexity index is 2030. The van der Waals surface area contributed by atoms with Crippen molar-refractivity contribution >= 4 is 44.1 Å². The van der Waals surface area contributed by atoms with Crippen LogP contribution in [0.2, 0.25) is 0 Å². The van der Waals surface area contributed by atoms with E-state index in [0.717, 1.165) is 43.8 Å². The second-order valence-corrected chi connectivity index (χ2v) is 9.79. The maximum Gasteiger partial charge on any atom is 0.164 e. The summed E-state index contributed by atoms with van der Waals surface area (Å²) in [5.74, 6) is 2.39. The molecule has 4 aromatic carbocycles. The molecule has 7 aromatic rings. The van der Waals surface area contributed by atoms with E-state index in [0.29, 0.717) is 45.9 Å². The molecule has 5 heterocycles. The van der Waals surface area contributed by atoms with Gasteiger partial charge in [0, 0.05) is 64.9 Å². The minimum atomic E-state index is 0. The SMILES string of the molecule is [Pt].c1ccc2c(c1)-c1nc-2nc2[nH]c(nc3nc(nc4[nH]c(n1)c1ccccc41)-c1ccccc1-3)c1ccccc21. The zero-order chi connectivity index (χ0) is 26.2. The number of aromatic nitrogens is 8. The molecule has 8 nitrogen and oxygen atoms in total. The Labute approximate surface area is 246 Å². The quantitative estimate of drug-likeness (QED) is 0.178. The Morgan fingerprint density at radius 3 is 0.829 bits per heavy atom. The van der Waals surface area contributed by atoms with Gasteiger partial charge in [0.1, 0.15) is 22.6 Å². The van der Waals surface area contributed by atoms with Gasteiger partial charge < -0.3 is 9.97 Å². The topological polar surface area (TPSA) is 109 Å². The van der Waals surface area contributed by atoms with Crippen molar-refractivity contribution in [1.29, 1.82) is 0 Å². The average Bonchev–Trinajstić information content (AvgIpc) is 3.73. The van der Waals surface area contributed by atoms with E-state index in [1.807, 2.05) is 97.1 Å². The van der Waals surface area contributed by atoms with Crippen LogP contribution in [0.25, 0.3) is 89.7 Å². The van der Waals surface area contributed by atoms with Crippen molar-refractivity contribution in [3.05, 3.63) is 97.1 Å². The van der Waals surface area contributed by atoms with Gasteiger partial charge in [-0.1, -0.05) is 97.1 Å². The van der Waals surface area contributed by atoms with Gasteiger partial charge in [-0.05, 0) is 0 Å². The van der Waals surface area contributed by atoms with Crippen LogP contribution >= 0.6 is 0 Å². The Morgan fingerprint density at radius 2 is 0.561 bits per heavy atom. The molecule has 0 unspecified atom stereocenters. The molecule has 2 N–H and O–H groups in total. The van der Waals surface area contributed by atoms with Crippen molar-refractivity contribution in [2.24, 2.45) is 0 Å². The standard InChI is InChI=1S/C32H18N8.Pt/c1-2-10-18-17(9-1)25-33-26(18)38-28-21-13-5-6-14-22(21)30(35-28)40-32-24-16-8-7-15-23(24)31(36-32)39-29-20-12-4-3-11-19(20)27(34-29)37-25;/h1-16H,(H2,33,34,35,36,37,38,39,40);. The molecule has 2 aliphatic rings. The van der Waals surface area contributed by atoms with Crippen LogP contribution in [-0.2, 0) is 21.1 Å². The molecule has 41 heavy (non-hydrogen) atoms. The van der Waals surface area contributed by atoms with Crippen LogP contribution < -0.4 is 0 Å². The van der Waals surface area contributed by atoms with Gasteiger partial charge in [0.15, 0.2) is 23.3 Å². The number of nitrogens with one attached hydrogen (secondary N) is 2. The molecule has 0 fully saturated rings. The first kappa shape index (κ1) is 23.8. The van der Waals surface area contributed by atoms with Gasteiger partial charge in [0.05, 0.1) is 0 Å². The van der Waals surface area contributed by atoms with Crippen LogP contribution in [0, 0.1) is 0 Å². The molecular formula is C32H18N8Pt. The molecule has 3 aromatic heterocycles. The largest absolute Gasteiger partial charge is 0.324 e. The van der Waals surface area contributed by atoms with E-state index < -0.39 is 0 Å². The van der Waals surface area contributed by atoms with E-state index in [2.05, 4.69) is 9.97 Å². The first-order valence-corrected chi connectivity index (χ1v) is 13.0. The number of nitrogens with zero attached hydrogens (tertiary/aromatic N) is 6. The summed E-state index contributed by atoms with van der Waals surface area (Å²) >= 11 is 0. The summed E-state index contributed by atoms with van der Waals surface area (Å²) in [4.78, 5) is 36.8. The molecule has 9 heteroatoms. The molecule has 0 saturated carbocycles. The van der Waals surface area contributed by atoms with Gasteiger partial charge in [0.2, 0.25) is 0 Å². The van der Waals surface area contributed by atoms with E-state index in [4.69, 9.17) is 29.9 Å². The Hall–Kier alpha value is -5.07. The zero-order valence-electron chi connectivity index (χ0n) is 21.2. The Balaban J connectivity index is 0.00000256. The summed E-state index contributed by atoms with van der Waals surface area (Å²) in [7, 11) is 0. The van der Waals surface area contributed by atoms with E-state index >= 15 is 0 Å². The first-order valence-electron chi connectivity index (χ1n) is 13.0. The minimum Gasteiger partial charge on any atom is -0.324 e. The van der Waals surface area contributed by atoms with Crippen LogP contribution in [0.1, 0.15) is 0 Å². The molecular weight excluding hydrogens is 691 g/mol. The smallest absolute Gasteiger partial charge is 0.164 e. The van der Waals surface area contributed by atoms with Gasteiger partial charge in [-0.2, -0.15) is 0 Å². The molecule has 9 rings (SSSR count). The van der Waals surface area contributed by atoms with Crippen molar-refractivity contribution in [1.82, 2.24) is 39.9 Å². The predicted octanol–water partition coefficient (Wildman–Crippen LogP) is 6.87. The molecule has 0 spiro atoms. The van der Waals surface area contributed by atoms with Gasteiger partial charge in [0.25, 0.3) is 0 Å². The zero-order valence-corrected chi connectivity index (χ0v) is 23.5. The summed E-state index contributed by atoms with van der Waals surface area (Å²) in [6.07, 6.45) is 0. The maximum atomic E-state index is 5.02. The van der Waals surface area contributed by atoms with E-state index in [-0.39, 0.29) is 21.1 Å². The van der Waals surface area contributed by atoms with Crippen molar-refractivity contribution in [3.8, 4) is 45.6 Å². The molecule has 2 aliphatic heterocycles. The van der Waals surface area contributed by atoms with Gasteiger partial charge in [-0.3, -0.25) is 0 Å². The van der Waals surface area contributed by atoms with E-state index in [1.54, 1.807) is 0 Å². The third kappa shape index (κ3) is 3.57. The number of rotatable bonds is 0. The number of hydrogen-bond acceptors (Lipinski definition) is 6. The number of fused-ring (bicyclic) bond motifs is 20. The Morgan fingerprint density at radius 1 is 0.317 bits per heavy atom. The molecule has 8 bridgehead atoms. The molecule has 0 radical (unpaired) electrons.